The van der Waals surface area contributed by atoms with Crippen LogP contribution in [0.15, 0.2) is 9.64 Å². The van der Waals surface area contributed by atoms with E-state index in [1.54, 1.807) is 0 Å². The van der Waals surface area contributed by atoms with E-state index in [0.29, 0.717) is 17.5 Å². The molecule has 2 fully saturated rings. The van der Waals surface area contributed by atoms with Crippen molar-refractivity contribution in [2.75, 3.05) is 18.1 Å². The van der Waals surface area contributed by atoms with Crippen molar-refractivity contribution >= 4 is 21.6 Å². The van der Waals surface area contributed by atoms with Crippen LogP contribution < -0.4 is 0 Å². The maximum Gasteiger partial charge on any atom is 0.276 e. The Hall–Kier alpha value is -0.600. The number of thioether (sulfide) groups is 1. The van der Waals surface area contributed by atoms with Crippen molar-refractivity contribution < 1.29 is 17.6 Å². The van der Waals surface area contributed by atoms with E-state index in [4.69, 9.17) is 9.15 Å². The lowest BCUT2D eigenvalue weighted by Crippen LogP contribution is -2.05. The molecule has 2 aliphatic heterocycles. The van der Waals surface area contributed by atoms with Gasteiger partial charge in [-0.1, -0.05) is 11.8 Å². The molecule has 0 aliphatic carbocycles. The molecule has 0 unspecified atom stereocenters. The molecule has 2 saturated heterocycles. The second-order valence-corrected chi connectivity index (χ2v) is 8.03. The van der Waals surface area contributed by atoms with E-state index in [0.717, 1.165) is 19.4 Å². The first-order chi connectivity index (χ1) is 8.62. The summed E-state index contributed by atoms with van der Waals surface area (Å²) in [6.07, 6.45) is 2.49. The summed E-state index contributed by atoms with van der Waals surface area (Å²) in [6, 6.07) is 0. The topological polar surface area (TPSA) is 82.3 Å². The van der Waals surface area contributed by atoms with E-state index in [1.165, 1.54) is 11.8 Å². The van der Waals surface area contributed by atoms with Crippen molar-refractivity contribution in [3.63, 3.8) is 0 Å². The Morgan fingerprint density at radius 1 is 1.28 bits per heavy atom. The van der Waals surface area contributed by atoms with Crippen molar-refractivity contribution in [2.45, 2.75) is 35.8 Å². The minimum Gasteiger partial charge on any atom is -0.413 e. The summed E-state index contributed by atoms with van der Waals surface area (Å²) in [7, 11) is -2.86. The average molecular weight is 290 g/mol. The molecular formula is C10H14N2O4S2. The molecule has 2 aliphatic rings. The quantitative estimate of drug-likeness (QED) is 0.827. The lowest BCUT2D eigenvalue weighted by molar-refractivity contribution is 0.0861. The van der Waals surface area contributed by atoms with Gasteiger partial charge in [-0.2, -0.15) is 0 Å². The number of hydrogen-bond donors (Lipinski definition) is 0. The molecule has 0 aromatic carbocycles. The third-order valence-corrected chi connectivity index (χ3v) is 6.17. The molecule has 18 heavy (non-hydrogen) atoms. The van der Waals surface area contributed by atoms with Crippen molar-refractivity contribution in [3.8, 4) is 0 Å². The second-order valence-electron chi connectivity index (χ2n) is 4.55. The van der Waals surface area contributed by atoms with Gasteiger partial charge >= 0.3 is 0 Å². The predicted molar refractivity (Wildman–Crippen MR) is 65.1 cm³/mol. The molecule has 6 nitrogen and oxygen atoms in total. The highest BCUT2D eigenvalue weighted by Gasteiger charge is 2.31. The van der Waals surface area contributed by atoms with Crippen LogP contribution in [0.5, 0.6) is 0 Å². The first kappa shape index (κ1) is 12.4. The number of ether oxygens (including phenoxy) is 1. The van der Waals surface area contributed by atoms with Gasteiger partial charge in [0.2, 0.25) is 5.89 Å². The smallest absolute Gasteiger partial charge is 0.276 e. The molecule has 0 bridgehead atoms. The normalized spacial score (nSPS) is 30.9. The van der Waals surface area contributed by atoms with E-state index in [9.17, 15) is 8.42 Å². The summed E-state index contributed by atoms with van der Waals surface area (Å²) in [5.74, 6) is 0.975. The van der Waals surface area contributed by atoms with E-state index >= 15 is 0 Å². The zero-order valence-electron chi connectivity index (χ0n) is 9.74. The van der Waals surface area contributed by atoms with Crippen LogP contribution in [-0.2, 0) is 14.6 Å². The highest BCUT2D eigenvalue weighted by molar-refractivity contribution is 8.01. The standard InChI is InChI=1S/C10H14N2O4S2/c13-18(14)5-3-7(6-18)17-10-12-11-9(16-10)8-2-1-4-15-8/h7-8H,1-6H2/t7-,8-/m0/s1. The van der Waals surface area contributed by atoms with Crippen molar-refractivity contribution in [1.82, 2.24) is 10.2 Å². The lowest BCUT2D eigenvalue weighted by atomic mass is 10.2. The number of rotatable bonds is 3. The summed E-state index contributed by atoms with van der Waals surface area (Å²) < 4.78 is 33.7. The minimum atomic E-state index is -2.86. The number of aromatic nitrogens is 2. The first-order valence-electron chi connectivity index (χ1n) is 5.94. The van der Waals surface area contributed by atoms with Gasteiger partial charge in [-0.3, -0.25) is 0 Å². The van der Waals surface area contributed by atoms with Crippen molar-refractivity contribution in [3.05, 3.63) is 5.89 Å². The molecule has 0 saturated carbocycles. The summed E-state index contributed by atoms with van der Waals surface area (Å²) in [5.41, 5.74) is 0. The summed E-state index contributed by atoms with van der Waals surface area (Å²) in [4.78, 5) is 0. The van der Waals surface area contributed by atoms with Crippen molar-refractivity contribution in [2.24, 2.45) is 0 Å². The van der Waals surface area contributed by atoms with E-state index in [1.807, 2.05) is 0 Å². The average Bonchev–Trinajstić information content (AvgIpc) is 2.99. The molecule has 8 heteroatoms. The molecule has 0 radical (unpaired) electrons. The fourth-order valence-corrected chi connectivity index (χ4v) is 5.50. The monoisotopic (exact) mass is 290 g/mol. The van der Waals surface area contributed by atoms with Gasteiger partial charge in [-0.05, 0) is 19.3 Å². The zero-order chi connectivity index (χ0) is 12.6. The van der Waals surface area contributed by atoms with Gasteiger partial charge in [0.25, 0.3) is 5.22 Å². The Bertz CT molecular complexity index is 522. The third kappa shape index (κ3) is 2.70. The van der Waals surface area contributed by atoms with Gasteiger partial charge in [-0.15, -0.1) is 10.2 Å². The highest BCUT2D eigenvalue weighted by atomic mass is 32.2. The zero-order valence-corrected chi connectivity index (χ0v) is 11.4. The fourth-order valence-electron chi connectivity index (χ4n) is 2.17. The Labute approximate surface area is 109 Å². The summed E-state index contributed by atoms with van der Waals surface area (Å²) >= 11 is 1.36. The highest BCUT2D eigenvalue weighted by Crippen LogP contribution is 2.33. The van der Waals surface area contributed by atoms with Crippen LogP contribution in [0.2, 0.25) is 0 Å². The minimum absolute atomic E-state index is 0.0350. The molecule has 0 spiro atoms. The number of nitrogens with zero attached hydrogens (tertiary/aromatic N) is 2. The van der Waals surface area contributed by atoms with Crippen LogP contribution in [-0.4, -0.2) is 42.0 Å². The van der Waals surface area contributed by atoms with Crippen LogP contribution in [0.25, 0.3) is 0 Å². The molecular weight excluding hydrogens is 276 g/mol. The lowest BCUT2D eigenvalue weighted by Gasteiger charge is -2.03. The second kappa shape index (κ2) is 4.82. The molecule has 2 atom stereocenters. The van der Waals surface area contributed by atoms with Crippen LogP contribution >= 0.6 is 11.8 Å². The maximum atomic E-state index is 11.3. The van der Waals surface area contributed by atoms with Gasteiger partial charge in [0, 0.05) is 11.9 Å². The van der Waals surface area contributed by atoms with Crippen LogP contribution in [0.4, 0.5) is 0 Å². The van der Waals surface area contributed by atoms with Crippen molar-refractivity contribution in [1.29, 1.82) is 0 Å². The molecule has 3 heterocycles. The van der Waals surface area contributed by atoms with Gasteiger partial charge < -0.3 is 9.15 Å². The third-order valence-electron chi connectivity index (χ3n) is 3.09. The first-order valence-corrected chi connectivity index (χ1v) is 8.64. The van der Waals surface area contributed by atoms with E-state index in [-0.39, 0.29) is 22.9 Å². The molecule has 1 aromatic rings. The molecule has 3 rings (SSSR count). The number of sulfone groups is 1. The molecule has 0 amide bonds. The Kier molecular flexibility index (Phi) is 3.33. The van der Waals surface area contributed by atoms with Crippen LogP contribution in [0, 0.1) is 0 Å². The largest absolute Gasteiger partial charge is 0.413 e. The number of hydrogen-bond acceptors (Lipinski definition) is 7. The van der Waals surface area contributed by atoms with Crippen LogP contribution in [0.3, 0.4) is 0 Å². The SMILES string of the molecule is O=S1(=O)CC[C@H](Sc2nnc([C@@H]3CCCO3)o2)C1. The van der Waals surface area contributed by atoms with E-state index in [2.05, 4.69) is 10.2 Å². The molecule has 0 N–H and O–H groups in total. The fraction of sp³-hybridized carbons (Fsp3) is 0.800. The van der Waals surface area contributed by atoms with Crippen LogP contribution in [0.1, 0.15) is 31.3 Å². The molecule has 1 aromatic heterocycles. The van der Waals surface area contributed by atoms with Gasteiger partial charge in [0.05, 0.1) is 11.5 Å². The Balaban J connectivity index is 1.63. The summed E-state index contributed by atoms with van der Waals surface area (Å²) in [6.45, 7) is 0.733. The Morgan fingerprint density at radius 3 is 2.83 bits per heavy atom. The van der Waals surface area contributed by atoms with Gasteiger partial charge in [0.1, 0.15) is 6.10 Å². The molecule has 100 valence electrons. The van der Waals surface area contributed by atoms with Gasteiger partial charge in [0.15, 0.2) is 9.84 Å². The van der Waals surface area contributed by atoms with Gasteiger partial charge in [-0.25, -0.2) is 8.42 Å². The predicted octanol–water partition coefficient (Wildman–Crippen LogP) is 1.20. The van der Waals surface area contributed by atoms with E-state index < -0.39 is 9.84 Å². The summed E-state index contributed by atoms with van der Waals surface area (Å²) in [5, 5.41) is 8.39. The Morgan fingerprint density at radius 2 is 2.17 bits per heavy atom. The maximum absolute atomic E-state index is 11.3.